The molecule has 13 heteroatoms. The summed E-state index contributed by atoms with van der Waals surface area (Å²) in [6, 6.07) is 8.86. The zero-order chi connectivity index (χ0) is 22.5. The van der Waals surface area contributed by atoms with Crippen molar-refractivity contribution in [2.75, 3.05) is 17.1 Å². The molecule has 0 aromatic heterocycles. The largest absolute Gasteiger partial charge is 0.416 e. The van der Waals surface area contributed by atoms with Crippen molar-refractivity contribution in [2.24, 2.45) is 5.10 Å². The van der Waals surface area contributed by atoms with Crippen LogP contribution in [0.1, 0.15) is 11.1 Å². The predicted octanol–water partition coefficient (Wildman–Crippen LogP) is 2.53. The van der Waals surface area contributed by atoms with Gasteiger partial charge in [0.1, 0.15) is 6.54 Å². The van der Waals surface area contributed by atoms with Crippen LogP contribution in [0.5, 0.6) is 0 Å². The fraction of sp³-hybridized carbons (Fsp3) is 0.176. The smallest absolute Gasteiger partial charge is 0.271 e. The minimum Gasteiger partial charge on any atom is -0.271 e. The van der Waals surface area contributed by atoms with Gasteiger partial charge in [-0.1, -0.05) is 18.2 Å². The number of hydrogen-bond donors (Lipinski definition) is 1. The lowest BCUT2D eigenvalue weighted by molar-refractivity contribution is -0.384. The molecule has 1 N–H and O–H groups in total. The van der Waals surface area contributed by atoms with Gasteiger partial charge in [0.05, 0.1) is 28.6 Å². The van der Waals surface area contributed by atoms with Gasteiger partial charge in [0, 0.05) is 12.1 Å². The molecule has 0 atom stereocenters. The van der Waals surface area contributed by atoms with E-state index < -0.39 is 39.1 Å². The van der Waals surface area contributed by atoms with Crippen molar-refractivity contribution >= 4 is 33.5 Å². The summed E-state index contributed by atoms with van der Waals surface area (Å²) >= 11 is 0. The van der Waals surface area contributed by atoms with Gasteiger partial charge in [0.15, 0.2) is 0 Å². The first-order valence-corrected chi connectivity index (χ1v) is 9.94. The van der Waals surface area contributed by atoms with Crippen LogP contribution in [-0.4, -0.2) is 38.3 Å². The number of alkyl halides is 3. The van der Waals surface area contributed by atoms with Crippen LogP contribution in [0.25, 0.3) is 0 Å². The van der Waals surface area contributed by atoms with Crippen molar-refractivity contribution in [3.05, 3.63) is 69.8 Å². The molecule has 2 aromatic rings. The van der Waals surface area contributed by atoms with E-state index in [1.807, 2.05) is 5.43 Å². The Kier molecular flexibility index (Phi) is 6.77. The predicted molar refractivity (Wildman–Crippen MR) is 102 cm³/mol. The normalized spacial score (nSPS) is 12.0. The van der Waals surface area contributed by atoms with E-state index in [2.05, 4.69) is 5.10 Å². The highest BCUT2D eigenvalue weighted by Gasteiger charge is 2.30. The summed E-state index contributed by atoms with van der Waals surface area (Å²) in [6.45, 7) is -0.750. The van der Waals surface area contributed by atoms with Crippen molar-refractivity contribution in [3.63, 3.8) is 0 Å². The second-order valence-electron chi connectivity index (χ2n) is 5.96. The molecule has 160 valence electrons. The van der Waals surface area contributed by atoms with Crippen LogP contribution in [0, 0.1) is 10.1 Å². The molecule has 2 aromatic carbocycles. The number of sulfonamides is 1. The second-order valence-corrected chi connectivity index (χ2v) is 7.87. The van der Waals surface area contributed by atoms with Gasteiger partial charge in [0.25, 0.3) is 11.6 Å². The minimum atomic E-state index is -4.54. The van der Waals surface area contributed by atoms with Crippen molar-refractivity contribution in [1.29, 1.82) is 0 Å². The van der Waals surface area contributed by atoms with Gasteiger partial charge in [-0.05, 0) is 23.8 Å². The van der Waals surface area contributed by atoms with Crippen LogP contribution >= 0.6 is 0 Å². The maximum atomic E-state index is 12.7. The van der Waals surface area contributed by atoms with E-state index in [4.69, 9.17) is 0 Å². The van der Waals surface area contributed by atoms with Gasteiger partial charge in [-0.15, -0.1) is 0 Å². The summed E-state index contributed by atoms with van der Waals surface area (Å²) in [6.07, 6.45) is -2.77. The molecule has 0 unspecified atom stereocenters. The third-order valence-corrected chi connectivity index (χ3v) is 4.77. The molecular formula is C17H15F3N4O5S. The molecule has 30 heavy (non-hydrogen) atoms. The number of nitrogens with one attached hydrogen (secondary N) is 1. The first kappa shape index (κ1) is 22.8. The minimum absolute atomic E-state index is 0.0591. The van der Waals surface area contributed by atoms with Crippen LogP contribution in [0.2, 0.25) is 0 Å². The lowest BCUT2D eigenvalue weighted by atomic mass is 10.1. The molecule has 0 aliphatic heterocycles. The molecular weight excluding hydrogens is 429 g/mol. The fourth-order valence-electron chi connectivity index (χ4n) is 2.30. The molecule has 0 heterocycles. The monoisotopic (exact) mass is 444 g/mol. The number of nitrogens with zero attached hydrogens (tertiary/aromatic N) is 3. The summed E-state index contributed by atoms with van der Waals surface area (Å²) in [5.74, 6) is -0.907. The third-order valence-electron chi connectivity index (χ3n) is 3.63. The third kappa shape index (κ3) is 6.27. The van der Waals surface area contributed by atoms with E-state index in [1.165, 1.54) is 24.3 Å². The maximum absolute atomic E-state index is 12.7. The van der Waals surface area contributed by atoms with E-state index in [1.54, 1.807) is 0 Å². The van der Waals surface area contributed by atoms with Crippen LogP contribution in [0.15, 0.2) is 53.6 Å². The molecule has 0 radical (unpaired) electrons. The standard InChI is InChI=1S/C17H15F3N4O5S/c1-30(28,29)23(14-6-3-7-15(9-14)24(26)27)11-16(25)22-21-10-12-4-2-5-13(8-12)17(18,19)20/h2-10H,11H2,1H3,(H,22,25)/b21-10-. The Labute approximate surface area is 169 Å². The summed E-state index contributed by atoms with van der Waals surface area (Å²) in [5, 5.41) is 14.4. The number of nitro groups is 1. The Hall–Kier alpha value is -3.48. The van der Waals surface area contributed by atoms with Gasteiger partial charge < -0.3 is 0 Å². The highest BCUT2D eigenvalue weighted by atomic mass is 32.2. The summed E-state index contributed by atoms with van der Waals surface area (Å²) < 4.78 is 62.7. The summed E-state index contributed by atoms with van der Waals surface area (Å²) in [7, 11) is -3.98. The summed E-state index contributed by atoms with van der Waals surface area (Å²) in [5.41, 5.74) is 0.692. The molecule has 0 saturated carbocycles. The molecule has 1 amide bonds. The number of amides is 1. The zero-order valence-corrected chi connectivity index (χ0v) is 16.1. The number of benzene rings is 2. The molecule has 9 nitrogen and oxygen atoms in total. The quantitative estimate of drug-likeness (QED) is 0.400. The maximum Gasteiger partial charge on any atom is 0.416 e. The number of rotatable bonds is 7. The van der Waals surface area contributed by atoms with Crippen LogP contribution in [0.3, 0.4) is 0 Å². The van der Waals surface area contributed by atoms with E-state index >= 15 is 0 Å². The second kappa shape index (κ2) is 8.90. The van der Waals surface area contributed by atoms with E-state index in [-0.39, 0.29) is 16.9 Å². The fourth-order valence-corrected chi connectivity index (χ4v) is 3.15. The van der Waals surface area contributed by atoms with Crippen LogP contribution < -0.4 is 9.73 Å². The Bertz CT molecular complexity index is 1090. The average molecular weight is 444 g/mol. The number of carbonyl (C=O) groups excluding carboxylic acids is 1. The van der Waals surface area contributed by atoms with Gasteiger partial charge in [-0.3, -0.25) is 19.2 Å². The number of anilines is 1. The van der Waals surface area contributed by atoms with Crippen molar-refractivity contribution in [2.45, 2.75) is 6.18 Å². The van der Waals surface area contributed by atoms with Crippen molar-refractivity contribution in [1.82, 2.24) is 5.43 Å². The molecule has 0 spiro atoms. The number of carbonyl (C=O) groups is 1. The number of hydrazone groups is 1. The van der Waals surface area contributed by atoms with Crippen LogP contribution in [-0.2, 0) is 21.0 Å². The number of hydrogen-bond acceptors (Lipinski definition) is 6. The van der Waals surface area contributed by atoms with Crippen molar-refractivity contribution < 1.29 is 31.3 Å². The molecule has 0 aliphatic carbocycles. The lowest BCUT2D eigenvalue weighted by Crippen LogP contribution is -2.39. The highest BCUT2D eigenvalue weighted by molar-refractivity contribution is 7.92. The van der Waals surface area contributed by atoms with E-state index in [0.717, 1.165) is 36.7 Å². The molecule has 2 rings (SSSR count). The van der Waals surface area contributed by atoms with Gasteiger partial charge in [0.2, 0.25) is 10.0 Å². The van der Waals surface area contributed by atoms with Gasteiger partial charge in [-0.2, -0.15) is 18.3 Å². The topological polar surface area (TPSA) is 122 Å². The molecule has 0 aliphatic rings. The number of nitro benzene ring substituents is 1. The Morgan fingerprint density at radius 2 is 1.90 bits per heavy atom. The van der Waals surface area contributed by atoms with E-state index in [0.29, 0.717) is 4.31 Å². The molecule has 0 bridgehead atoms. The van der Waals surface area contributed by atoms with Gasteiger partial charge in [-0.25, -0.2) is 13.8 Å². The average Bonchev–Trinajstić information content (AvgIpc) is 2.65. The number of non-ortho nitro benzene ring substituents is 1. The SMILES string of the molecule is CS(=O)(=O)N(CC(=O)N/N=C\c1cccc(C(F)(F)F)c1)c1cccc([N+](=O)[O-])c1. The van der Waals surface area contributed by atoms with Crippen molar-refractivity contribution in [3.8, 4) is 0 Å². The number of halogens is 3. The first-order chi connectivity index (χ1) is 13.9. The van der Waals surface area contributed by atoms with Gasteiger partial charge >= 0.3 is 6.18 Å². The Morgan fingerprint density at radius 1 is 1.23 bits per heavy atom. The highest BCUT2D eigenvalue weighted by Crippen LogP contribution is 2.29. The zero-order valence-electron chi connectivity index (χ0n) is 15.3. The lowest BCUT2D eigenvalue weighted by Gasteiger charge is -2.21. The van der Waals surface area contributed by atoms with E-state index in [9.17, 15) is 36.5 Å². The molecule has 0 saturated heterocycles. The van der Waals surface area contributed by atoms with Crippen LogP contribution in [0.4, 0.5) is 24.5 Å². The Balaban J connectivity index is 2.13. The molecule has 0 fully saturated rings. The summed E-state index contributed by atoms with van der Waals surface area (Å²) in [4.78, 5) is 22.2. The Morgan fingerprint density at radius 3 is 2.50 bits per heavy atom. The first-order valence-electron chi connectivity index (χ1n) is 8.09.